The summed E-state index contributed by atoms with van der Waals surface area (Å²) in [5, 5.41) is 8.89. The molecular formula is C18H11ClF4N4O3. The average molecular weight is 443 g/mol. The second-order valence-corrected chi connectivity index (χ2v) is 6.22. The zero-order valence-electron chi connectivity index (χ0n) is 15.0. The fourth-order valence-corrected chi connectivity index (χ4v) is 2.73. The number of nitrogens with zero attached hydrogens (tertiary/aromatic N) is 3. The Morgan fingerprint density at radius 2 is 1.90 bits per heavy atom. The van der Waals surface area contributed by atoms with Crippen LogP contribution in [0.2, 0.25) is 5.02 Å². The number of ether oxygens (including phenoxy) is 1. The van der Waals surface area contributed by atoms with Crippen molar-refractivity contribution < 1.29 is 31.9 Å². The van der Waals surface area contributed by atoms with Gasteiger partial charge >= 0.3 is 12.1 Å². The van der Waals surface area contributed by atoms with Crippen LogP contribution >= 0.6 is 11.6 Å². The third kappa shape index (κ3) is 4.25. The summed E-state index contributed by atoms with van der Waals surface area (Å²) in [7, 11) is 1.12. The van der Waals surface area contributed by atoms with E-state index in [-0.39, 0.29) is 22.0 Å². The maximum Gasteiger partial charge on any atom is 0.435 e. The summed E-state index contributed by atoms with van der Waals surface area (Å²) in [6, 6.07) is 7.89. The van der Waals surface area contributed by atoms with E-state index in [1.54, 1.807) is 0 Å². The van der Waals surface area contributed by atoms with Gasteiger partial charge in [0.1, 0.15) is 5.82 Å². The minimum absolute atomic E-state index is 0.0212. The van der Waals surface area contributed by atoms with Crippen LogP contribution in [0, 0.1) is 5.82 Å². The molecule has 0 spiro atoms. The summed E-state index contributed by atoms with van der Waals surface area (Å²) < 4.78 is 59.2. The summed E-state index contributed by atoms with van der Waals surface area (Å²) in [6.07, 6.45) is -5.03. The molecule has 0 saturated heterocycles. The van der Waals surface area contributed by atoms with E-state index in [2.05, 4.69) is 20.4 Å². The molecule has 1 heterocycles. The molecule has 0 atom stereocenters. The molecule has 0 unspecified atom stereocenters. The predicted octanol–water partition coefficient (Wildman–Crippen LogP) is 4.12. The number of esters is 1. The fraction of sp³-hybridized carbons (Fsp3) is 0.111. The van der Waals surface area contributed by atoms with Gasteiger partial charge in [-0.25, -0.2) is 13.9 Å². The first-order valence-electron chi connectivity index (χ1n) is 8.10. The van der Waals surface area contributed by atoms with E-state index in [0.717, 1.165) is 25.3 Å². The number of anilines is 1. The maximum atomic E-state index is 13.6. The second kappa shape index (κ2) is 8.11. The zero-order chi connectivity index (χ0) is 22.1. The lowest BCUT2D eigenvalue weighted by Crippen LogP contribution is -2.21. The van der Waals surface area contributed by atoms with Crippen molar-refractivity contribution in [3.63, 3.8) is 0 Å². The number of rotatable bonds is 4. The van der Waals surface area contributed by atoms with E-state index in [0.29, 0.717) is 4.68 Å². The van der Waals surface area contributed by atoms with Crippen LogP contribution < -0.4 is 5.32 Å². The molecule has 0 saturated carbocycles. The molecule has 1 aromatic heterocycles. The molecule has 1 amide bonds. The number of amides is 1. The predicted molar refractivity (Wildman–Crippen MR) is 97.1 cm³/mol. The van der Waals surface area contributed by atoms with Gasteiger partial charge in [-0.2, -0.15) is 13.2 Å². The minimum atomic E-state index is -5.03. The summed E-state index contributed by atoms with van der Waals surface area (Å²) in [5.41, 5.74) is -2.93. The summed E-state index contributed by atoms with van der Waals surface area (Å²) in [6.45, 7) is 0. The van der Waals surface area contributed by atoms with Gasteiger partial charge in [0.25, 0.3) is 5.91 Å². The molecule has 3 rings (SSSR count). The molecule has 0 aliphatic carbocycles. The molecule has 0 fully saturated rings. The highest BCUT2D eigenvalue weighted by Gasteiger charge is 2.42. The largest absolute Gasteiger partial charge is 0.465 e. The molecule has 1 N–H and O–H groups in total. The number of hydrogen-bond donors (Lipinski definition) is 1. The number of methoxy groups -OCH3 is 1. The van der Waals surface area contributed by atoms with Crippen molar-refractivity contribution in [2.24, 2.45) is 0 Å². The van der Waals surface area contributed by atoms with Crippen molar-refractivity contribution in [1.82, 2.24) is 15.0 Å². The molecule has 3 aromatic rings. The Morgan fingerprint density at radius 1 is 1.17 bits per heavy atom. The van der Waals surface area contributed by atoms with E-state index in [1.807, 2.05) is 0 Å². The Hall–Kier alpha value is -3.47. The molecule has 12 heteroatoms. The highest BCUT2D eigenvalue weighted by molar-refractivity contribution is 6.33. The van der Waals surface area contributed by atoms with Gasteiger partial charge in [-0.1, -0.05) is 22.9 Å². The van der Waals surface area contributed by atoms with Gasteiger partial charge in [0.2, 0.25) is 0 Å². The van der Waals surface area contributed by atoms with Crippen molar-refractivity contribution in [2.75, 3.05) is 12.4 Å². The number of alkyl halides is 3. The van der Waals surface area contributed by atoms with E-state index >= 15 is 0 Å². The maximum absolute atomic E-state index is 13.6. The standard InChI is InChI=1S/C18H11ClF4N4O3/c1-30-17(29)12-8-10(5-6-13(12)19)24-16(28)14-15(18(21,22)23)27(26-25-14)11-4-2-3-9(20)7-11/h2-8H,1H3,(H,24,28). The Morgan fingerprint density at radius 3 is 2.53 bits per heavy atom. The van der Waals surface area contributed by atoms with Crippen LogP contribution in [0.4, 0.5) is 23.2 Å². The Labute approximate surface area is 171 Å². The van der Waals surface area contributed by atoms with Gasteiger partial charge in [-0.05, 0) is 36.4 Å². The number of halogens is 5. The van der Waals surface area contributed by atoms with Crippen LogP contribution in [0.5, 0.6) is 0 Å². The molecular weight excluding hydrogens is 432 g/mol. The normalized spacial score (nSPS) is 11.3. The summed E-state index contributed by atoms with van der Waals surface area (Å²) in [5.74, 6) is -2.84. The molecule has 7 nitrogen and oxygen atoms in total. The summed E-state index contributed by atoms with van der Waals surface area (Å²) in [4.78, 5) is 24.2. The lowest BCUT2D eigenvalue weighted by atomic mass is 10.2. The molecule has 0 radical (unpaired) electrons. The van der Waals surface area contributed by atoms with Crippen molar-refractivity contribution in [1.29, 1.82) is 0 Å². The number of aromatic nitrogens is 3. The smallest absolute Gasteiger partial charge is 0.435 e. The van der Waals surface area contributed by atoms with Crippen molar-refractivity contribution in [3.8, 4) is 5.69 Å². The van der Waals surface area contributed by atoms with Crippen molar-refractivity contribution in [2.45, 2.75) is 6.18 Å². The van der Waals surface area contributed by atoms with E-state index in [9.17, 15) is 27.2 Å². The van der Waals surface area contributed by atoms with Crippen LogP contribution in [-0.2, 0) is 10.9 Å². The molecule has 156 valence electrons. The molecule has 2 aromatic carbocycles. The first kappa shape index (κ1) is 21.2. The Kier molecular flexibility index (Phi) is 5.74. The average Bonchev–Trinajstić information content (AvgIpc) is 3.15. The van der Waals surface area contributed by atoms with Crippen LogP contribution in [0.25, 0.3) is 5.69 Å². The third-order valence-electron chi connectivity index (χ3n) is 3.84. The van der Waals surface area contributed by atoms with Crippen molar-refractivity contribution in [3.05, 3.63) is 70.3 Å². The number of carbonyl (C=O) groups excluding carboxylic acids is 2. The first-order valence-corrected chi connectivity index (χ1v) is 8.47. The van der Waals surface area contributed by atoms with E-state index in [4.69, 9.17) is 11.6 Å². The third-order valence-corrected chi connectivity index (χ3v) is 4.17. The van der Waals surface area contributed by atoms with Gasteiger partial charge in [0.05, 0.1) is 23.4 Å². The van der Waals surface area contributed by atoms with Gasteiger partial charge in [-0.15, -0.1) is 5.10 Å². The number of nitrogens with one attached hydrogen (secondary N) is 1. The van der Waals surface area contributed by atoms with E-state index in [1.165, 1.54) is 24.3 Å². The Bertz CT molecular complexity index is 1130. The SMILES string of the molecule is COC(=O)c1cc(NC(=O)c2nnn(-c3cccc(F)c3)c2C(F)(F)F)ccc1Cl. The lowest BCUT2D eigenvalue weighted by Gasteiger charge is -2.12. The summed E-state index contributed by atoms with van der Waals surface area (Å²) >= 11 is 5.87. The van der Waals surface area contributed by atoms with Crippen LogP contribution in [-0.4, -0.2) is 34.0 Å². The number of hydrogen-bond acceptors (Lipinski definition) is 5. The quantitative estimate of drug-likeness (QED) is 0.485. The number of benzene rings is 2. The number of carbonyl (C=O) groups is 2. The molecule has 30 heavy (non-hydrogen) atoms. The van der Waals surface area contributed by atoms with Gasteiger partial charge in [0, 0.05) is 5.69 Å². The minimum Gasteiger partial charge on any atom is -0.465 e. The first-order chi connectivity index (χ1) is 14.1. The fourth-order valence-electron chi connectivity index (χ4n) is 2.54. The zero-order valence-corrected chi connectivity index (χ0v) is 15.8. The van der Waals surface area contributed by atoms with Gasteiger partial charge < -0.3 is 10.1 Å². The second-order valence-electron chi connectivity index (χ2n) is 5.82. The van der Waals surface area contributed by atoms with Gasteiger partial charge in [0.15, 0.2) is 11.4 Å². The van der Waals surface area contributed by atoms with Crippen LogP contribution in [0.3, 0.4) is 0 Å². The Balaban J connectivity index is 2.00. The van der Waals surface area contributed by atoms with Crippen molar-refractivity contribution >= 4 is 29.2 Å². The molecule has 0 aliphatic heterocycles. The molecule has 0 bridgehead atoms. The van der Waals surface area contributed by atoms with E-state index < -0.39 is 35.3 Å². The lowest BCUT2D eigenvalue weighted by molar-refractivity contribution is -0.143. The highest BCUT2D eigenvalue weighted by atomic mass is 35.5. The van der Waals surface area contributed by atoms with Crippen LogP contribution in [0.15, 0.2) is 42.5 Å². The highest BCUT2D eigenvalue weighted by Crippen LogP contribution is 2.33. The van der Waals surface area contributed by atoms with Gasteiger partial charge in [-0.3, -0.25) is 4.79 Å². The monoisotopic (exact) mass is 442 g/mol. The molecule has 0 aliphatic rings. The topological polar surface area (TPSA) is 86.1 Å². The van der Waals surface area contributed by atoms with Crippen LogP contribution in [0.1, 0.15) is 26.5 Å².